The van der Waals surface area contributed by atoms with Gasteiger partial charge in [0, 0.05) is 0 Å². The molecule has 17 heavy (non-hydrogen) atoms. The first-order valence-corrected chi connectivity index (χ1v) is 5.83. The van der Waals surface area contributed by atoms with Crippen molar-refractivity contribution in [1.82, 2.24) is 3.93 Å². The van der Waals surface area contributed by atoms with Crippen molar-refractivity contribution in [3.05, 3.63) is 47.2 Å². The van der Waals surface area contributed by atoms with Crippen LogP contribution in [-0.2, 0) is 16.0 Å². The van der Waals surface area contributed by atoms with Crippen LogP contribution in [0.5, 0.6) is 0 Å². The van der Waals surface area contributed by atoms with Crippen molar-refractivity contribution < 1.29 is 14.7 Å². The van der Waals surface area contributed by atoms with E-state index in [2.05, 4.69) is 16.1 Å². The second-order valence-corrected chi connectivity index (χ2v) is 4.41. The predicted molar refractivity (Wildman–Crippen MR) is 65.2 cm³/mol. The Labute approximate surface area is 107 Å². The number of rotatable bonds is 3. The predicted octanol–water partition coefficient (Wildman–Crippen LogP) is 2.11. The summed E-state index contributed by atoms with van der Waals surface area (Å²) in [6.07, 6.45) is 0.961. The van der Waals surface area contributed by atoms with Gasteiger partial charge in [-0.1, -0.05) is 30.3 Å². The number of amides is 2. The number of hydrogen-bond donors (Lipinski definition) is 1. The molecule has 0 saturated carbocycles. The fourth-order valence-electron chi connectivity index (χ4n) is 1.67. The molecule has 0 unspecified atom stereocenters. The fourth-order valence-corrected chi connectivity index (χ4v) is 2.06. The summed E-state index contributed by atoms with van der Waals surface area (Å²) in [5.74, 6) is -1.63. The van der Waals surface area contributed by atoms with Gasteiger partial charge in [-0.3, -0.25) is 9.59 Å². The first-order chi connectivity index (χ1) is 8.11. The van der Waals surface area contributed by atoms with Gasteiger partial charge in [0.05, 0.1) is 21.7 Å². The van der Waals surface area contributed by atoms with Crippen LogP contribution in [0.15, 0.2) is 41.7 Å². The number of imide groups is 1. The summed E-state index contributed by atoms with van der Waals surface area (Å²) in [5, 5.41) is 9.51. The molecule has 1 N–H and O–H groups in total. The zero-order valence-corrected chi connectivity index (χ0v) is 10.5. The highest BCUT2D eigenvalue weighted by molar-refractivity contribution is 9.08. The van der Waals surface area contributed by atoms with E-state index in [9.17, 15) is 14.7 Å². The maximum absolute atomic E-state index is 11.6. The van der Waals surface area contributed by atoms with Gasteiger partial charge >= 0.3 is 5.91 Å². The number of halogens is 1. The van der Waals surface area contributed by atoms with Gasteiger partial charge in [-0.2, -0.15) is 0 Å². The topological polar surface area (TPSA) is 57.6 Å². The van der Waals surface area contributed by atoms with Gasteiger partial charge in [-0.05, 0) is 18.4 Å². The molecule has 1 aliphatic rings. The van der Waals surface area contributed by atoms with Crippen LogP contribution in [0.2, 0.25) is 0 Å². The van der Waals surface area contributed by atoms with E-state index < -0.39 is 17.6 Å². The molecule has 0 bridgehead atoms. The Morgan fingerprint density at radius 1 is 1.06 bits per heavy atom. The van der Waals surface area contributed by atoms with Gasteiger partial charge < -0.3 is 5.11 Å². The minimum absolute atomic E-state index is 0.163. The lowest BCUT2D eigenvalue weighted by Crippen LogP contribution is -2.20. The Hall–Kier alpha value is -1.62. The monoisotopic (exact) mass is 295 g/mol. The number of hydrogen-bond acceptors (Lipinski definition) is 3. The molecule has 0 aliphatic carbocycles. The normalized spacial score (nSPS) is 15.9. The van der Waals surface area contributed by atoms with Gasteiger partial charge in [0.1, 0.15) is 0 Å². The molecule has 1 aromatic carbocycles. The molecular weight excluding hydrogens is 286 g/mol. The van der Waals surface area contributed by atoms with Crippen molar-refractivity contribution in [3.63, 3.8) is 0 Å². The van der Waals surface area contributed by atoms with Crippen LogP contribution in [0.1, 0.15) is 12.0 Å². The number of aliphatic hydroxyl groups excluding tert-OH is 1. The van der Waals surface area contributed by atoms with Crippen LogP contribution in [0.4, 0.5) is 0 Å². The van der Waals surface area contributed by atoms with Crippen LogP contribution in [0.25, 0.3) is 0 Å². The molecule has 1 heterocycles. The summed E-state index contributed by atoms with van der Waals surface area (Å²) in [6.45, 7) is 0. The number of nitrogens with zero attached hydrogens (tertiary/aromatic N) is 1. The molecular formula is C12H10BrNO3. The molecule has 0 fully saturated rings. The second kappa shape index (κ2) is 4.71. The van der Waals surface area contributed by atoms with Crippen molar-refractivity contribution in [1.29, 1.82) is 0 Å². The van der Waals surface area contributed by atoms with Crippen LogP contribution in [0, 0.1) is 0 Å². The van der Waals surface area contributed by atoms with E-state index in [0.29, 0.717) is 12.8 Å². The van der Waals surface area contributed by atoms with Crippen molar-refractivity contribution in [2.75, 3.05) is 0 Å². The lowest BCUT2D eigenvalue weighted by atomic mass is 10.0. The molecule has 1 aliphatic heterocycles. The molecule has 0 spiro atoms. The molecule has 5 heteroatoms. The summed E-state index contributed by atoms with van der Waals surface area (Å²) in [6, 6.07) is 9.59. The number of aliphatic hydroxyl groups is 1. The molecule has 1 aromatic rings. The second-order valence-electron chi connectivity index (χ2n) is 3.70. The van der Waals surface area contributed by atoms with Crippen molar-refractivity contribution in [3.8, 4) is 0 Å². The Kier molecular flexibility index (Phi) is 3.28. The third-order valence-corrected chi connectivity index (χ3v) is 3.25. The summed E-state index contributed by atoms with van der Waals surface area (Å²) in [5.41, 5.74) is 1.22. The van der Waals surface area contributed by atoms with Gasteiger partial charge in [0.2, 0.25) is 0 Å². The van der Waals surface area contributed by atoms with E-state index in [4.69, 9.17) is 0 Å². The molecule has 2 amide bonds. The first kappa shape index (κ1) is 11.9. The Morgan fingerprint density at radius 3 is 2.24 bits per heavy atom. The highest BCUT2D eigenvalue weighted by atomic mass is 79.9. The van der Waals surface area contributed by atoms with Crippen molar-refractivity contribution in [2.45, 2.75) is 12.8 Å². The van der Waals surface area contributed by atoms with Gasteiger partial charge in [0.15, 0.2) is 5.76 Å². The largest absolute Gasteiger partial charge is 0.503 e. The van der Waals surface area contributed by atoms with Gasteiger partial charge in [-0.15, -0.1) is 0 Å². The smallest absolute Gasteiger partial charge is 0.306 e. The van der Waals surface area contributed by atoms with Gasteiger partial charge in [-0.25, -0.2) is 3.93 Å². The SMILES string of the molecule is O=C1C(O)=C(CCc2ccccc2)C(=O)N1Br. The maximum Gasteiger partial charge on any atom is 0.306 e. The third-order valence-electron chi connectivity index (χ3n) is 2.61. The lowest BCUT2D eigenvalue weighted by Gasteiger charge is -2.03. The average Bonchev–Trinajstić information content (AvgIpc) is 2.54. The Morgan fingerprint density at radius 2 is 1.71 bits per heavy atom. The number of benzene rings is 1. The fraction of sp³-hybridized carbons (Fsp3) is 0.167. The number of carbonyl (C=O) groups excluding carboxylic acids is 2. The number of carbonyl (C=O) groups is 2. The summed E-state index contributed by atoms with van der Waals surface area (Å²) >= 11 is 2.81. The third kappa shape index (κ3) is 2.24. The molecule has 0 aromatic heterocycles. The molecule has 4 nitrogen and oxygen atoms in total. The van der Waals surface area contributed by atoms with E-state index in [1.54, 1.807) is 0 Å². The molecule has 0 saturated heterocycles. The summed E-state index contributed by atoms with van der Waals surface area (Å²) < 4.78 is 0.753. The van der Waals surface area contributed by atoms with Crippen LogP contribution >= 0.6 is 16.1 Å². The van der Waals surface area contributed by atoms with Crippen LogP contribution < -0.4 is 0 Å². The van der Waals surface area contributed by atoms with Crippen molar-refractivity contribution >= 4 is 28.0 Å². The van der Waals surface area contributed by atoms with E-state index in [1.165, 1.54) is 0 Å². The van der Waals surface area contributed by atoms with E-state index in [-0.39, 0.29) is 5.57 Å². The van der Waals surface area contributed by atoms with E-state index in [1.807, 2.05) is 30.3 Å². The standard InChI is InChI=1S/C12H10BrNO3/c13-14-11(16)9(10(15)12(14)17)7-6-8-4-2-1-3-5-8/h1-5,15H,6-7H2. The molecule has 0 atom stereocenters. The van der Waals surface area contributed by atoms with E-state index in [0.717, 1.165) is 9.49 Å². The maximum atomic E-state index is 11.6. The highest BCUT2D eigenvalue weighted by Gasteiger charge is 2.36. The zero-order chi connectivity index (χ0) is 12.4. The Balaban J connectivity index is 2.10. The lowest BCUT2D eigenvalue weighted by molar-refractivity contribution is -0.131. The average molecular weight is 296 g/mol. The Bertz CT molecular complexity index is 496. The first-order valence-electron chi connectivity index (χ1n) is 5.12. The minimum Gasteiger partial charge on any atom is -0.503 e. The minimum atomic E-state index is -0.696. The zero-order valence-electron chi connectivity index (χ0n) is 8.89. The summed E-state index contributed by atoms with van der Waals surface area (Å²) in [7, 11) is 0. The van der Waals surface area contributed by atoms with Gasteiger partial charge in [0.25, 0.3) is 5.91 Å². The van der Waals surface area contributed by atoms with Crippen LogP contribution in [-0.4, -0.2) is 20.8 Å². The molecule has 2 rings (SSSR count). The summed E-state index contributed by atoms with van der Waals surface area (Å²) in [4.78, 5) is 22.9. The molecule has 88 valence electrons. The highest BCUT2D eigenvalue weighted by Crippen LogP contribution is 2.25. The quantitative estimate of drug-likeness (QED) is 0.686. The number of aryl methyl sites for hydroxylation is 1. The van der Waals surface area contributed by atoms with E-state index >= 15 is 0 Å². The van der Waals surface area contributed by atoms with Crippen molar-refractivity contribution in [2.24, 2.45) is 0 Å². The van der Waals surface area contributed by atoms with Crippen LogP contribution in [0.3, 0.4) is 0 Å². The molecule has 0 radical (unpaired) electrons.